The van der Waals surface area contributed by atoms with Crippen LogP contribution in [0.25, 0.3) is 11.4 Å². The zero-order valence-electron chi connectivity index (χ0n) is 21.3. The molecule has 0 spiro atoms. The minimum absolute atomic E-state index is 0.132. The second-order valence-corrected chi connectivity index (χ2v) is 8.64. The van der Waals surface area contributed by atoms with E-state index in [1.54, 1.807) is 12.1 Å². The van der Waals surface area contributed by atoms with E-state index in [2.05, 4.69) is 25.6 Å². The molecular weight excluding hydrogens is 508 g/mol. The van der Waals surface area contributed by atoms with Crippen LogP contribution in [0.2, 0.25) is 0 Å². The molecular formula is C30H26N6O4. The minimum Gasteiger partial charge on any atom is -0.508 e. The lowest BCUT2D eigenvalue weighted by molar-refractivity contribution is -0.116. The van der Waals surface area contributed by atoms with Gasteiger partial charge >= 0.3 is 0 Å². The Kier molecular flexibility index (Phi) is 7.97. The van der Waals surface area contributed by atoms with Gasteiger partial charge in [-0.1, -0.05) is 42.5 Å². The third kappa shape index (κ3) is 7.01. The summed E-state index contributed by atoms with van der Waals surface area (Å²) < 4.78 is 12.1. The van der Waals surface area contributed by atoms with Crippen molar-refractivity contribution >= 4 is 23.5 Å². The number of phenolic OH excluding ortho intramolecular Hbond substituents is 1. The molecule has 1 aromatic heterocycles. The van der Waals surface area contributed by atoms with Gasteiger partial charge in [0.1, 0.15) is 29.6 Å². The summed E-state index contributed by atoms with van der Waals surface area (Å²) in [5, 5.41) is 15.5. The number of aromatic nitrogens is 3. The number of carbonyl (C=O) groups is 1. The van der Waals surface area contributed by atoms with Gasteiger partial charge in [-0.3, -0.25) is 4.79 Å². The molecule has 4 aromatic carbocycles. The molecule has 0 fully saturated rings. The number of hydrogen-bond acceptors (Lipinski definition) is 9. The van der Waals surface area contributed by atoms with Gasteiger partial charge in [0.15, 0.2) is 5.82 Å². The van der Waals surface area contributed by atoms with Gasteiger partial charge in [0.25, 0.3) is 0 Å². The number of anilines is 3. The maximum atomic E-state index is 11.4. The van der Waals surface area contributed by atoms with Crippen LogP contribution in [0.4, 0.5) is 17.6 Å². The topological polar surface area (TPSA) is 145 Å². The number of aromatic hydroxyl groups is 1. The molecule has 1 heterocycles. The molecule has 0 aliphatic carbocycles. The van der Waals surface area contributed by atoms with Crippen LogP contribution >= 0.6 is 0 Å². The van der Waals surface area contributed by atoms with E-state index < -0.39 is 5.91 Å². The fourth-order valence-corrected chi connectivity index (χ4v) is 3.68. The lowest BCUT2D eigenvalue weighted by atomic mass is 10.2. The predicted molar refractivity (Wildman–Crippen MR) is 152 cm³/mol. The fraction of sp³-hybridized carbons (Fsp3) is 0.0667. The number of ether oxygens (including phenoxy) is 2. The summed E-state index contributed by atoms with van der Waals surface area (Å²) >= 11 is 0. The Balaban J connectivity index is 1.38. The number of primary amides is 1. The minimum atomic E-state index is -0.560. The SMILES string of the molecule is NC(=O)CNc1nc(Nc2ccc(O)cc2)nc(-c2ccccc2Oc2ccc(OCc3ccccc3)cc2)n1. The number of rotatable bonds is 11. The van der Waals surface area contributed by atoms with Crippen molar-refractivity contribution in [3.63, 3.8) is 0 Å². The van der Waals surface area contributed by atoms with Crippen LogP contribution < -0.4 is 25.8 Å². The van der Waals surface area contributed by atoms with E-state index in [9.17, 15) is 9.90 Å². The molecule has 5 aromatic rings. The van der Waals surface area contributed by atoms with Crippen molar-refractivity contribution in [2.45, 2.75) is 6.61 Å². The summed E-state index contributed by atoms with van der Waals surface area (Å²) in [6.45, 7) is 0.314. The van der Waals surface area contributed by atoms with Crippen molar-refractivity contribution in [1.29, 1.82) is 0 Å². The molecule has 0 saturated heterocycles. The second-order valence-electron chi connectivity index (χ2n) is 8.64. The first-order chi connectivity index (χ1) is 19.5. The Morgan fingerprint density at radius 3 is 2.20 bits per heavy atom. The molecule has 1 amide bonds. The van der Waals surface area contributed by atoms with Crippen LogP contribution in [0, 0.1) is 0 Å². The van der Waals surface area contributed by atoms with Crippen molar-refractivity contribution in [3.05, 3.63) is 109 Å². The highest BCUT2D eigenvalue weighted by atomic mass is 16.5. The molecule has 0 aliphatic rings. The summed E-state index contributed by atoms with van der Waals surface area (Å²) in [6, 6.07) is 31.0. The number of hydrogen-bond donors (Lipinski definition) is 4. The van der Waals surface area contributed by atoms with Gasteiger partial charge in [0.05, 0.1) is 12.1 Å². The molecule has 0 radical (unpaired) electrons. The molecule has 5 N–H and O–H groups in total. The number of para-hydroxylation sites is 1. The monoisotopic (exact) mass is 534 g/mol. The Morgan fingerprint density at radius 2 is 1.45 bits per heavy atom. The standard InChI is InChI=1S/C30H26N6O4/c31-27(38)18-32-29-34-28(35-30(36-29)33-21-10-12-22(37)13-11-21)25-8-4-5-9-26(25)40-24-16-14-23(15-17-24)39-19-20-6-2-1-3-7-20/h1-17,37H,18-19H2,(H2,31,38)(H2,32,33,34,35,36). The largest absolute Gasteiger partial charge is 0.508 e. The predicted octanol–water partition coefficient (Wildman–Crippen LogP) is 5.26. The van der Waals surface area contributed by atoms with Gasteiger partial charge in [0.2, 0.25) is 17.8 Å². The highest BCUT2D eigenvalue weighted by molar-refractivity contribution is 5.78. The smallest absolute Gasteiger partial charge is 0.236 e. The van der Waals surface area contributed by atoms with Crippen LogP contribution in [0.15, 0.2) is 103 Å². The van der Waals surface area contributed by atoms with E-state index in [1.165, 1.54) is 12.1 Å². The van der Waals surface area contributed by atoms with E-state index in [4.69, 9.17) is 15.2 Å². The summed E-state index contributed by atoms with van der Waals surface area (Å²) in [6.07, 6.45) is 0. The van der Waals surface area contributed by atoms with Crippen molar-refractivity contribution in [1.82, 2.24) is 15.0 Å². The molecule has 0 saturated carbocycles. The van der Waals surface area contributed by atoms with E-state index in [0.717, 1.165) is 11.3 Å². The Labute approximate surface area is 230 Å². The number of nitrogens with two attached hydrogens (primary N) is 1. The normalized spacial score (nSPS) is 10.5. The zero-order chi connectivity index (χ0) is 27.7. The third-order valence-corrected chi connectivity index (χ3v) is 5.61. The maximum absolute atomic E-state index is 11.4. The van der Waals surface area contributed by atoms with E-state index >= 15 is 0 Å². The highest BCUT2D eigenvalue weighted by Crippen LogP contribution is 2.33. The van der Waals surface area contributed by atoms with E-state index in [0.29, 0.717) is 35.2 Å². The average Bonchev–Trinajstić information content (AvgIpc) is 2.98. The number of carbonyl (C=O) groups excluding carboxylic acids is 1. The molecule has 0 unspecified atom stereocenters. The molecule has 0 bridgehead atoms. The van der Waals surface area contributed by atoms with E-state index in [-0.39, 0.29) is 24.2 Å². The van der Waals surface area contributed by atoms with Crippen molar-refractivity contribution in [2.24, 2.45) is 5.73 Å². The third-order valence-electron chi connectivity index (χ3n) is 5.61. The molecule has 200 valence electrons. The highest BCUT2D eigenvalue weighted by Gasteiger charge is 2.15. The van der Waals surface area contributed by atoms with Crippen LogP contribution in [0.3, 0.4) is 0 Å². The lowest BCUT2D eigenvalue weighted by Gasteiger charge is -2.13. The van der Waals surface area contributed by atoms with Gasteiger partial charge in [-0.15, -0.1) is 0 Å². The van der Waals surface area contributed by atoms with Crippen LogP contribution in [0.5, 0.6) is 23.0 Å². The number of amides is 1. The fourth-order valence-electron chi connectivity index (χ4n) is 3.68. The summed E-state index contributed by atoms with van der Waals surface area (Å²) in [4.78, 5) is 24.7. The first-order valence-electron chi connectivity index (χ1n) is 12.4. The summed E-state index contributed by atoms with van der Waals surface area (Å²) in [7, 11) is 0. The van der Waals surface area contributed by atoms with Crippen molar-refractivity contribution in [2.75, 3.05) is 17.2 Å². The lowest BCUT2D eigenvalue weighted by Crippen LogP contribution is -2.23. The maximum Gasteiger partial charge on any atom is 0.236 e. The number of phenols is 1. The van der Waals surface area contributed by atoms with Crippen LogP contribution in [-0.4, -0.2) is 32.5 Å². The summed E-state index contributed by atoms with van der Waals surface area (Å²) in [5.74, 6) is 2.09. The second kappa shape index (κ2) is 12.3. The average molecular weight is 535 g/mol. The first-order valence-corrected chi connectivity index (χ1v) is 12.4. The molecule has 5 rings (SSSR count). The molecule has 40 heavy (non-hydrogen) atoms. The van der Waals surface area contributed by atoms with Crippen LogP contribution in [-0.2, 0) is 11.4 Å². The number of nitrogens with one attached hydrogen (secondary N) is 2. The van der Waals surface area contributed by atoms with Gasteiger partial charge in [-0.05, 0) is 66.2 Å². The van der Waals surface area contributed by atoms with Gasteiger partial charge in [-0.2, -0.15) is 15.0 Å². The first kappa shape index (κ1) is 26.0. The molecule has 0 atom stereocenters. The van der Waals surface area contributed by atoms with Crippen molar-refractivity contribution < 1.29 is 19.4 Å². The molecule has 10 heteroatoms. The van der Waals surface area contributed by atoms with Crippen molar-refractivity contribution in [3.8, 4) is 34.4 Å². The van der Waals surface area contributed by atoms with E-state index in [1.807, 2.05) is 78.9 Å². The Bertz CT molecular complexity index is 1580. The Hall–Kier alpha value is -5.64. The quantitative estimate of drug-likeness (QED) is 0.167. The molecule has 10 nitrogen and oxygen atoms in total. The van der Waals surface area contributed by atoms with Gasteiger partial charge in [-0.25, -0.2) is 0 Å². The van der Waals surface area contributed by atoms with Gasteiger partial charge < -0.3 is 30.9 Å². The zero-order valence-corrected chi connectivity index (χ0v) is 21.3. The number of nitrogens with zero attached hydrogens (tertiary/aromatic N) is 3. The Morgan fingerprint density at radius 1 is 0.775 bits per heavy atom. The van der Waals surface area contributed by atoms with Gasteiger partial charge in [0, 0.05) is 5.69 Å². The number of benzene rings is 4. The molecule has 0 aliphatic heterocycles. The summed E-state index contributed by atoms with van der Waals surface area (Å²) in [5.41, 5.74) is 7.63. The van der Waals surface area contributed by atoms with Crippen LogP contribution in [0.1, 0.15) is 5.56 Å².